The lowest BCUT2D eigenvalue weighted by atomic mass is 9.87. The molecule has 3 rings (SSSR count). The van der Waals surface area contributed by atoms with Crippen molar-refractivity contribution in [2.45, 2.75) is 57.5 Å². The predicted molar refractivity (Wildman–Crippen MR) is 72.8 cm³/mol. The van der Waals surface area contributed by atoms with Gasteiger partial charge in [0.2, 0.25) is 0 Å². The Hall–Kier alpha value is -0.740. The number of nitrogens with zero attached hydrogens (tertiary/aromatic N) is 1. The minimum Gasteiger partial charge on any atom is -0.311 e. The lowest BCUT2D eigenvalue weighted by molar-refractivity contribution is -0.119. The van der Waals surface area contributed by atoms with E-state index < -0.39 is 0 Å². The number of aryl methyl sites for hydroxylation is 1. The van der Waals surface area contributed by atoms with Gasteiger partial charge >= 0.3 is 0 Å². The largest absolute Gasteiger partial charge is 0.311 e. The van der Waals surface area contributed by atoms with E-state index in [4.69, 9.17) is 0 Å². The van der Waals surface area contributed by atoms with Crippen molar-refractivity contribution in [3.05, 3.63) is 16.1 Å². The first-order valence-electron chi connectivity index (χ1n) is 6.88. The molecule has 1 aromatic heterocycles. The van der Waals surface area contributed by atoms with Crippen molar-refractivity contribution in [1.82, 2.24) is 10.3 Å². The number of thiazole rings is 1. The van der Waals surface area contributed by atoms with E-state index in [9.17, 15) is 4.79 Å². The molecule has 2 atom stereocenters. The zero-order valence-electron chi connectivity index (χ0n) is 10.8. The first kappa shape index (κ1) is 12.3. The highest BCUT2D eigenvalue weighted by Crippen LogP contribution is 2.32. The Morgan fingerprint density at radius 2 is 2.17 bits per heavy atom. The lowest BCUT2D eigenvalue weighted by Gasteiger charge is -2.28. The second-order valence-electron chi connectivity index (χ2n) is 5.75. The highest BCUT2D eigenvalue weighted by Gasteiger charge is 2.34. The summed E-state index contributed by atoms with van der Waals surface area (Å²) in [5, 5.41) is 6.69. The number of hydrogen-bond donors (Lipinski definition) is 1. The Kier molecular flexibility index (Phi) is 3.48. The van der Waals surface area contributed by atoms with Crippen molar-refractivity contribution < 1.29 is 4.79 Å². The molecule has 0 spiro atoms. The Morgan fingerprint density at radius 3 is 2.78 bits per heavy atom. The van der Waals surface area contributed by atoms with E-state index in [2.05, 4.69) is 10.3 Å². The van der Waals surface area contributed by atoms with Gasteiger partial charge < -0.3 is 5.32 Å². The van der Waals surface area contributed by atoms with Crippen LogP contribution in [0.5, 0.6) is 0 Å². The molecule has 3 nitrogen and oxygen atoms in total. The second-order valence-corrected chi connectivity index (χ2v) is 6.81. The van der Waals surface area contributed by atoms with E-state index in [0.29, 0.717) is 30.2 Å². The number of ketones is 1. The maximum Gasteiger partial charge on any atom is 0.139 e. The molecule has 2 saturated heterocycles. The summed E-state index contributed by atoms with van der Waals surface area (Å²) in [6.07, 6.45) is 6.28. The third-order valence-electron chi connectivity index (χ3n) is 4.13. The molecule has 0 aromatic carbocycles. The first-order chi connectivity index (χ1) is 8.69. The molecule has 0 amide bonds. The molecule has 3 heterocycles. The van der Waals surface area contributed by atoms with Crippen LogP contribution in [0.15, 0.2) is 5.38 Å². The predicted octanol–water partition coefficient (Wildman–Crippen LogP) is 2.48. The quantitative estimate of drug-likeness (QED) is 0.908. The average Bonchev–Trinajstić information content (AvgIpc) is 2.85. The summed E-state index contributed by atoms with van der Waals surface area (Å²) in [5.74, 6) is 0.975. The molecule has 4 heteroatoms. The summed E-state index contributed by atoms with van der Waals surface area (Å²) in [5.41, 5.74) is 0.958. The van der Waals surface area contributed by atoms with Crippen LogP contribution >= 0.6 is 11.3 Å². The fourth-order valence-corrected chi connectivity index (χ4v) is 4.04. The smallest absolute Gasteiger partial charge is 0.139 e. The number of piperidine rings is 1. The molecule has 2 bridgehead atoms. The van der Waals surface area contributed by atoms with E-state index in [-0.39, 0.29) is 0 Å². The van der Waals surface area contributed by atoms with Crippen LogP contribution < -0.4 is 5.32 Å². The monoisotopic (exact) mass is 264 g/mol. The van der Waals surface area contributed by atoms with E-state index in [1.165, 1.54) is 25.7 Å². The normalized spacial score (nSPS) is 30.6. The molecule has 1 N–H and O–H groups in total. The first-order valence-corrected chi connectivity index (χ1v) is 7.76. The molecule has 1 aromatic rings. The highest BCUT2D eigenvalue weighted by atomic mass is 32.1. The van der Waals surface area contributed by atoms with Gasteiger partial charge in [-0.1, -0.05) is 0 Å². The van der Waals surface area contributed by atoms with Gasteiger partial charge in [0, 0.05) is 30.3 Å². The van der Waals surface area contributed by atoms with Gasteiger partial charge in [0.25, 0.3) is 0 Å². The molecule has 0 aliphatic carbocycles. The zero-order valence-corrected chi connectivity index (χ0v) is 11.6. The third kappa shape index (κ3) is 2.81. The molecule has 18 heavy (non-hydrogen) atoms. The molecule has 0 saturated carbocycles. The van der Waals surface area contributed by atoms with Gasteiger partial charge in [0.05, 0.1) is 10.7 Å². The third-order valence-corrected chi connectivity index (χ3v) is 4.95. The van der Waals surface area contributed by atoms with Crippen LogP contribution in [0.1, 0.15) is 42.8 Å². The van der Waals surface area contributed by atoms with Crippen molar-refractivity contribution in [1.29, 1.82) is 0 Å². The van der Waals surface area contributed by atoms with Crippen LogP contribution in [-0.2, 0) is 11.2 Å². The maximum absolute atomic E-state index is 12.1. The van der Waals surface area contributed by atoms with Crippen molar-refractivity contribution >= 4 is 17.1 Å². The van der Waals surface area contributed by atoms with Crippen molar-refractivity contribution in [3.8, 4) is 0 Å². The fourth-order valence-electron chi connectivity index (χ4n) is 3.43. The number of Topliss-reactive ketones (excluding diaryl/α,β-unsaturated/α-hetero) is 1. The molecular formula is C14H20N2OS. The summed E-state index contributed by atoms with van der Waals surface area (Å²) >= 11 is 1.63. The molecule has 98 valence electrons. The SMILES string of the molecule is Cc1nc(CC(=O)CC2CC3CCC(C2)N3)cs1. The van der Waals surface area contributed by atoms with Crippen molar-refractivity contribution in [2.75, 3.05) is 0 Å². The molecule has 2 aliphatic rings. The van der Waals surface area contributed by atoms with Crippen LogP contribution in [0, 0.1) is 12.8 Å². The maximum atomic E-state index is 12.1. The van der Waals surface area contributed by atoms with Crippen molar-refractivity contribution in [3.63, 3.8) is 0 Å². The van der Waals surface area contributed by atoms with E-state index in [0.717, 1.165) is 17.1 Å². The summed E-state index contributed by atoms with van der Waals surface area (Å²) in [7, 11) is 0. The Morgan fingerprint density at radius 1 is 1.44 bits per heavy atom. The van der Waals surface area contributed by atoms with Gasteiger partial charge in [-0.3, -0.25) is 4.79 Å². The van der Waals surface area contributed by atoms with E-state index in [1.54, 1.807) is 11.3 Å². The minimum absolute atomic E-state index is 0.367. The minimum atomic E-state index is 0.367. The molecule has 0 radical (unpaired) electrons. The van der Waals surface area contributed by atoms with Crippen LogP contribution in [0.4, 0.5) is 0 Å². The van der Waals surface area contributed by atoms with Crippen LogP contribution in [-0.4, -0.2) is 22.9 Å². The molecule has 2 unspecified atom stereocenters. The number of rotatable bonds is 4. The topological polar surface area (TPSA) is 42.0 Å². The molecular weight excluding hydrogens is 244 g/mol. The van der Waals surface area contributed by atoms with Gasteiger partial charge in [0.15, 0.2) is 0 Å². The van der Waals surface area contributed by atoms with Gasteiger partial charge in [-0.05, 0) is 38.5 Å². The number of aromatic nitrogens is 1. The Bertz CT molecular complexity index is 431. The van der Waals surface area contributed by atoms with Crippen LogP contribution in [0.3, 0.4) is 0 Å². The van der Waals surface area contributed by atoms with Gasteiger partial charge in [-0.2, -0.15) is 0 Å². The second kappa shape index (κ2) is 5.10. The number of carbonyl (C=O) groups is 1. The van der Waals surface area contributed by atoms with Crippen LogP contribution in [0.2, 0.25) is 0 Å². The highest BCUT2D eigenvalue weighted by molar-refractivity contribution is 7.09. The Balaban J connectivity index is 1.52. The number of nitrogens with one attached hydrogen (secondary N) is 1. The van der Waals surface area contributed by atoms with E-state index in [1.807, 2.05) is 12.3 Å². The van der Waals surface area contributed by atoms with Crippen LogP contribution in [0.25, 0.3) is 0 Å². The fraction of sp³-hybridized carbons (Fsp3) is 0.714. The summed E-state index contributed by atoms with van der Waals surface area (Å²) in [4.78, 5) is 16.4. The standard InChI is InChI=1S/C14H20N2OS/c1-9-15-13(8-18-9)7-14(17)6-10-4-11-2-3-12(5-10)16-11/h8,10-12,16H,2-7H2,1H3. The van der Waals surface area contributed by atoms with Crippen molar-refractivity contribution in [2.24, 2.45) is 5.92 Å². The lowest BCUT2D eigenvalue weighted by Crippen LogP contribution is -2.38. The van der Waals surface area contributed by atoms with Gasteiger partial charge in [0.1, 0.15) is 5.78 Å². The van der Waals surface area contributed by atoms with Gasteiger partial charge in [-0.25, -0.2) is 4.98 Å². The number of fused-ring (bicyclic) bond motifs is 2. The van der Waals surface area contributed by atoms with E-state index >= 15 is 0 Å². The zero-order chi connectivity index (χ0) is 12.5. The number of hydrogen-bond acceptors (Lipinski definition) is 4. The average molecular weight is 264 g/mol. The summed E-state index contributed by atoms with van der Waals surface area (Å²) < 4.78 is 0. The number of carbonyl (C=O) groups excluding carboxylic acids is 1. The molecule has 2 fully saturated rings. The molecule has 2 aliphatic heterocycles. The van der Waals surface area contributed by atoms with Gasteiger partial charge in [-0.15, -0.1) is 11.3 Å². The summed E-state index contributed by atoms with van der Waals surface area (Å²) in [6, 6.07) is 1.37. The Labute approximate surface area is 112 Å². The summed E-state index contributed by atoms with van der Waals surface area (Å²) in [6.45, 7) is 1.99.